The summed E-state index contributed by atoms with van der Waals surface area (Å²) in [5, 5.41) is 6.95. The van der Waals surface area contributed by atoms with Crippen LogP contribution in [0.1, 0.15) is 31.0 Å². The van der Waals surface area contributed by atoms with E-state index in [4.69, 9.17) is 0 Å². The number of carbonyl (C=O) groups excluding carboxylic acids is 2. The molecular formula is C22H24N4O2. The number of carbonyl (C=O) groups is 2. The van der Waals surface area contributed by atoms with Crippen molar-refractivity contribution in [2.75, 3.05) is 0 Å². The van der Waals surface area contributed by atoms with Crippen LogP contribution in [0.4, 0.5) is 0 Å². The van der Waals surface area contributed by atoms with Crippen molar-refractivity contribution in [1.82, 2.24) is 20.2 Å². The molecule has 3 aromatic rings. The lowest BCUT2D eigenvalue weighted by Crippen LogP contribution is -2.63. The number of nitrogens with zero attached hydrogens (tertiary/aromatic N) is 2. The Morgan fingerprint density at radius 3 is 2.61 bits per heavy atom. The zero-order valence-corrected chi connectivity index (χ0v) is 16.1. The van der Waals surface area contributed by atoms with Crippen LogP contribution >= 0.6 is 0 Å². The summed E-state index contributed by atoms with van der Waals surface area (Å²) in [6, 6.07) is 12.5. The number of fused-ring (bicyclic) bond motifs is 1. The lowest BCUT2D eigenvalue weighted by Gasteiger charge is -2.32. The first-order valence-electron chi connectivity index (χ1n) is 9.67. The summed E-state index contributed by atoms with van der Waals surface area (Å²) in [7, 11) is 0. The number of hydrogen-bond acceptors (Lipinski definition) is 3. The molecule has 0 radical (unpaired) electrons. The van der Waals surface area contributed by atoms with Crippen LogP contribution in [0, 0.1) is 0 Å². The Bertz CT molecular complexity index is 1010. The van der Waals surface area contributed by atoms with E-state index in [1.807, 2.05) is 37.3 Å². The summed E-state index contributed by atoms with van der Waals surface area (Å²) in [5.41, 5.74) is 2.99. The normalized spacial score (nSPS) is 20.6. The van der Waals surface area contributed by atoms with Crippen LogP contribution in [0.2, 0.25) is 0 Å². The predicted octanol–water partition coefficient (Wildman–Crippen LogP) is 2.39. The quantitative estimate of drug-likeness (QED) is 0.718. The molecule has 1 aliphatic rings. The van der Waals surface area contributed by atoms with Gasteiger partial charge in [-0.1, -0.05) is 31.2 Å². The summed E-state index contributed by atoms with van der Waals surface area (Å²) < 4.78 is 2.17. The molecule has 1 aromatic carbocycles. The van der Waals surface area contributed by atoms with E-state index in [0.717, 1.165) is 28.7 Å². The van der Waals surface area contributed by atoms with Gasteiger partial charge in [-0.2, -0.15) is 0 Å². The van der Waals surface area contributed by atoms with Gasteiger partial charge in [0.2, 0.25) is 11.8 Å². The first-order valence-corrected chi connectivity index (χ1v) is 9.67. The van der Waals surface area contributed by atoms with E-state index in [9.17, 15) is 9.59 Å². The average Bonchev–Trinajstić information content (AvgIpc) is 3.09. The number of nitrogens with one attached hydrogen (secondary N) is 2. The van der Waals surface area contributed by atoms with Crippen LogP contribution < -0.4 is 10.6 Å². The maximum Gasteiger partial charge on any atom is 0.243 e. The molecule has 3 atom stereocenters. The minimum absolute atomic E-state index is 0.141. The highest BCUT2D eigenvalue weighted by atomic mass is 16.2. The van der Waals surface area contributed by atoms with Crippen LogP contribution in [0.15, 0.2) is 54.9 Å². The van der Waals surface area contributed by atoms with Gasteiger partial charge in [0.15, 0.2) is 0 Å². The van der Waals surface area contributed by atoms with Crippen LogP contribution in [0.5, 0.6) is 0 Å². The third-order valence-electron chi connectivity index (χ3n) is 5.50. The fourth-order valence-corrected chi connectivity index (χ4v) is 3.95. The topological polar surface area (TPSA) is 76.0 Å². The van der Waals surface area contributed by atoms with Gasteiger partial charge in [0, 0.05) is 47.9 Å². The van der Waals surface area contributed by atoms with E-state index in [1.165, 1.54) is 0 Å². The summed E-state index contributed by atoms with van der Waals surface area (Å²) in [6.07, 6.45) is 4.16. The van der Waals surface area contributed by atoms with Crippen molar-refractivity contribution in [3.63, 3.8) is 0 Å². The van der Waals surface area contributed by atoms with E-state index in [0.29, 0.717) is 6.42 Å². The highest BCUT2D eigenvalue weighted by Crippen LogP contribution is 2.30. The van der Waals surface area contributed by atoms with Crippen LogP contribution in [0.25, 0.3) is 10.9 Å². The molecule has 6 nitrogen and oxygen atoms in total. The van der Waals surface area contributed by atoms with E-state index in [1.54, 1.807) is 6.20 Å². The lowest BCUT2D eigenvalue weighted by atomic mass is 9.90. The second kappa shape index (κ2) is 7.46. The number of piperazine rings is 1. The number of pyridine rings is 1. The highest BCUT2D eigenvalue weighted by Gasteiger charge is 2.38. The second-order valence-electron chi connectivity index (χ2n) is 7.25. The summed E-state index contributed by atoms with van der Waals surface area (Å²) in [6.45, 7) is 4.94. The van der Waals surface area contributed by atoms with Crippen molar-refractivity contribution in [1.29, 1.82) is 0 Å². The van der Waals surface area contributed by atoms with E-state index in [-0.39, 0.29) is 17.7 Å². The largest absolute Gasteiger partial charge is 0.347 e. The lowest BCUT2D eigenvalue weighted by molar-refractivity contribution is -0.137. The highest BCUT2D eigenvalue weighted by molar-refractivity contribution is 5.98. The van der Waals surface area contributed by atoms with Crippen molar-refractivity contribution in [2.45, 2.75) is 44.8 Å². The van der Waals surface area contributed by atoms with Gasteiger partial charge in [-0.05, 0) is 30.7 Å². The van der Waals surface area contributed by atoms with Crippen molar-refractivity contribution in [3.05, 3.63) is 66.1 Å². The van der Waals surface area contributed by atoms with E-state index in [2.05, 4.69) is 45.4 Å². The van der Waals surface area contributed by atoms with Crippen molar-refractivity contribution < 1.29 is 9.59 Å². The molecule has 4 rings (SSSR count). The summed E-state index contributed by atoms with van der Waals surface area (Å²) in [4.78, 5) is 29.7. The smallest absolute Gasteiger partial charge is 0.243 e. The minimum Gasteiger partial charge on any atom is -0.347 e. The molecule has 1 aliphatic heterocycles. The van der Waals surface area contributed by atoms with Crippen molar-refractivity contribution in [3.8, 4) is 0 Å². The Labute approximate surface area is 164 Å². The molecule has 1 fully saturated rings. The van der Waals surface area contributed by atoms with Gasteiger partial charge in [0.25, 0.3) is 0 Å². The third kappa shape index (κ3) is 3.26. The Kier molecular flexibility index (Phi) is 4.86. The predicted molar refractivity (Wildman–Crippen MR) is 108 cm³/mol. The number of aromatic nitrogens is 2. The molecule has 6 heteroatoms. The molecule has 0 bridgehead atoms. The van der Waals surface area contributed by atoms with Crippen molar-refractivity contribution in [2.24, 2.45) is 0 Å². The fraction of sp³-hybridized carbons (Fsp3) is 0.318. The Morgan fingerprint density at radius 1 is 1.07 bits per heavy atom. The number of rotatable bonds is 5. The fourth-order valence-electron chi connectivity index (χ4n) is 3.95. The molecule has 1 saturated heterocycles. The number of benzene rings is 1. The number of aryl methyl sites for hydroxylation is 1. The number of hydrogen-bond donors (Lipinski definition) is 2. The molecular weight excluding hydrogens is 352 g/mol. The summed E-state index contributed by atoms with van der Waals surface area (Å²) in [5.74, 6) is -0.458. The Balaban J connectivity index is 1.56. The Hall–Kier alpha value is -3.15. The number of para-hydroxylation sites is 1. The van der Waals surface area contributed by atoms with Gasteiger partial charge in [-0.25, -0.2) is 0 Å². The molecule has 3 heterocycles. The first kappa shape index (κ1) is 18.2. The molecule has 2 amide bonds. The molecule has 0 saturated carbocycles. The van der Waals surface area contributed by atoms with Crippen LogP contribution in [0.3, 0.4) is 0 Å². The van der Waals surface area contributed by atoms with Gasteiger partial charge in [0.1, 0.15) is 12.1 Å². The minimum atomic E-state index is -0.595. The molecule has 0 unspecified atom stereocenters. The maximum atomic E-state index is 12.8. The molecule has 144 valence electrons. The summed E-state index contributed by atoms with van der Waals surface area (Å²) >= 11 is 0. The average molecular weight is 376 g/mol. The molecule has 2 N–H and O–H groups in total. The standard InChI is InChI=1S/C22H24N4O2/c1-3-26-13-17(16-9-4-5-10-19(16)26)14(2)20-22(28)24-18(21(27)25-20)12-15-8-6-7-11-23-15/h4-11,13-14,18,20H,3,12H2,1-2H3,(H,24,28)(H,25,27)/t14-,18-,20-/m1/s1. The first-order chi connectivity index (χ1) is 13.6. The van der Waals surface area contributed by atoms with Crippen molar-refractivity contribution >= 4 is 22.7 Å². The zero-order valence-electron chi connectivity index (χ0n) is 16.1. The van der Waals surface area contributed by atoms with Gasteiger partial charge in [0.05, 0.1) is 0 Å². The maximum absolute atomic E-state index is 12.8. The van der Waals surface area contributed by atoms with Gasteiger partial charge >= 0.3 is 0 Å². The van der Waals surface area contributed by atoms with Gasteiger partial charge in [-0.15, -0.1) is 0 Å². The Morgan fingerprint density at radius 2 is 1.86 bits per heavy atom. The third-order valence-corrected chi connectivity index (χ3v) is 5.50. The second-order valence-corrected chi connectivity index (χ2v) is 7.25. The zero-order chi connectivity index (χ0) is 19.7. The number of amides is 2. The van der Waals surface area contributed by atoms with E-state index >= 15 is 0 Å². The van der Waals surface area contributed by atoms with Crippen LogP contribution in [-0.4, -0.2) is 33.4 Å². The SMILES string of the molecule is CCn1cc([C@@H](C)[C@H]2NC(=O)[C@@H](Cc3ccccn3)NC2=O)c2ccccc21. The molecule has 2 aromatic heterocycles. The van der Waals surface area contributed by atoms with E-state index < -0.39 is 12.1 Å². The van der Waals surface area contributed by atoms with Crippen LogP contribution in [-0.2, 0) is 22.6 Å². The molecule has 0 aliphatic carbocycles. The molecule has 0 spiro atoms. The monoisotopic (exact) mass is 376 g/mol. The molecule has 28 heavy (non-hydrogen) atoms. The van der Waals surface area contributed by atoms with Gasteiger partial charge in [-0.3, -0.25) is 14.6 Å². The van der Waals surface area contributed by atoms with Gasteiger partial charge < -0.3 is 15.2 Å².